The Bertz CT molecular complexity index is 1100. The first kappa shape index (κ1) is 21.9. The molecule has 0 spiro atoms. The van der Waals surface area contributed by atoms with Crippen molar-refractivity contribution in [3.8, 4) is 17.2 Å². The monoisotopic (exact) mass is 474 g/mol. The molecule has 11 heteroatoms. The van der Waals surface area contributed by atoms with Gasteiger partial charge in [0.15, 0.2) is 16.6 Å². The number of thiazole rings is 1. The molecule has 0 radical (unpaired) electrons. The predicted molar refractivity (Wildman–Crippen MR) is 124 cm³/mol. The third-order valence-electron chi connectivity index (χ3n) is 4.94. The fraction of sp³-hybridized carbons (Fsp3) is 0.286. The van der Waals surface area contributed by atoms with Crippen molar-refractivity contribution in [2.24, 2.45) is 0 Å². The van der Waals surface area contributed by atoms with E-state index in [-0.39, 0.29) is 11.9 Å². The molecule has 3 aromatic rings. The van der Waals surface area contributed by atoms with Crippen LogP contribution in [0.1, 0.15) is 20.9 Å². The molecule has 4 rings (SSSR count). The zero-order valence-corrected chi connectivity index (χ0v) is 19.4. The predicted octanol–water partition coefficient (Wildman–Crippen LogP) is 4.07. The number of nitrogens with zero attached hydrogens (tertiary/aromatic N) is 2. The third-order valence-corrected chi connectivity index (χ3v) is 6.62. The molecule has 0 bridgehead atoms. The third kappa shape index (κ3) is 4.48. The van der Waals surface area contributed by atoms with Crippen molar-refractivity contribution in [3.05, 3.63) is 45.1 Å². The van der Waals surface area contributed by atoms with Crippen molar-refractivity contribution in [2.75, 3.05) is 38.5 Å². The summed E-state index contributed by atoms with van der Waals surface area (Å²) in [6.45, 7) is 0.933. The number of ether oxygens (including phenoxy) is 3. The summed E-state index contributed by atoms with van der Waals surface area (Å²) in [6.07, 6.45) is 0.614. The number of benzene rings is 1. The van der Waals surface area contributed by atoms with E-state index in [1.54, 1.807) is 28.5 Å². The molecule has 0 saturated carbocycles. The van der Waals surface area contributed by atoms with Crippen molar-refractivity contribution >= 4 is 45.4 Å². The van der Waals surface area contributed by atoms with Crippen LogP contribution in [0.2, 0.25) is 0 Å². The molecule has 0 atom stereocenters. The Hall–Kier alpha value is -3.31. The number of hydrogen-bond acceptors (Lipinski definition) is 8. The second-order valence-electron chi connectivity index (χ2n) is 6.87. The highest BCUT2D eigenvalue weighted by atomic mass is 32.1. The Labute approximate surface area is 192 Å². The van der Waals surface area contributed by atoms with Gasteiger partial charge in [0.1, 0.15) is 0 Å². The van der Waals surface area contributed by atoms with Crippen LogP contribution in [0.15, 0.2) is 29.0 Å². The first-order valence-electron chi connectivity index (χ1n) is 9.70. The van der Waals surface area contributed by atoms with E-state index in [1.807, 2.05) is 5.38 Å². The number of methoxy groups -OCH3 is 3. The Balaban J connectivity index is 1.44. The molecular weight excluding hydrogens is 452 g/mol. The van der Waals surface area contributed by atoms with E-state index < -0.39 is 0 Å². The zero-order chi connectivity index (χ0) is 22.7. The maximum atomic E-state index is 12.9. The van der Waals surface area contributed by atoms with Gasteiger partial charge >= 0.3 is 6.03 Å². The largest absolute Gasteiger partial charge is 0.493 e. The summed E-state index contributed by atoms with van der Waals surface area (Å²) >= 11 is 2.85. The van der Waals surface area contributed by atoms with E-state index in [1.165, 1.54) is 44.0 Å². The van der Waals surface area contributed by atoms with Crippen LogP contribution in [0.3, 0.4) is 0 Å². The van der Waals surface area contributed by atoms with E-state index >= 15 is 0 Å². The Kier molecular flexibility index (Phi) is 6.47. The molecule has 3 amide bonds. The lowest BCUT2D eigenvalue weighted by molar-refractivity contribution is 0.102. The van der Waals surface area contributed by atoms with E-state index in [0.29, 0.717) is 53.1 Å². The van der Waals surface area contributed by atoms with Gasteiger partial charge < -0.3 is 24.4 Å². The van der Waals surface area contributed by atoms with Gasteiger partial charge in [-0.25, -0.2) is 9.78 Å². The quantitative estimate of drug-likeness (QED) is 0.558. The molecule has 0 fully saturated rings. The Morgan fingerprint density at radius 2 is 1.84 bits per heavy atom. The standard InChI is InChI=1S/C21H22N4O5S2/c1-28-15-8-13(9-16(29-2)18(15)30-3)22-21(27)25-6-4-14-17(10-25)32-20(23-14)24-19(26)12-5-7-31-11-12/h5,7-9,11H,4,6,10H2,1-3H3,(H,22,27)(H,23,24,26). The number of carbonyl (C=O) groups is 2. The van der Waals surface area contributed by atoms with Crippen LogP contribution in [-0.2, 0) is 13.0 Å². The maximum Gasteiger partial charge on any atom is 0.322 e. The molecule has 2 aromatic heterocycles. The fourth-order valence-corrected chi connectivity index (χ4v) is 5.00. The van der Waals surface area contributed by atoms with Gasteiger partial charge in [0.25, 0.3) is 5.91 Å². The summed E-state index contributed by atoms with van der Waals surface area (Å²) in [5.41, 5.74) is 2.05. The van der Waals surface area contributed by atoms with Crippen LogP contribution in [0.25, 0.3) is 0 Å². The molecule has 1 aliphatic heterocycles. The van der Waals surface area contributed by atoms with Crippen LogP contribution in [0.5, 0.6) is 17.2 Å². The van der Waals surface area contributed by atoms with Crippen LogP contribution in [-0.4, -0.2) is 49.7 Å². The molecule has 0 saturated heterocycles. The number of anilines is 2. The van der Waals surface area contributed by atoms with Crippen molar-refractivity contribution in [2.45, 2.75) is 13.0 Å². The molecule has 9 nitrogen and oxygen atoms in total. The molecular formula is C21H22N4O5S2. The van der Waals surface area contributed by atoms with Gasteiger partial charge in [-0.2, -0.15) is 11.3 Å². The lowest BCUT2D eigenvalue weighted by Crippen LogP contribution is -2.38. The number of amides is 3. The average Bonchev–Trinajstić information content (AvgIpc) is 3.47. The minimum absolute atomic E-state index is 0.186. The Morgan fingerprint density at radius 1 is 1.09 bits per heavy atom. The zero-order valence-electron chi connectivity index (χ0n) is 17.8. The minimum Gasteiger partial charge on any atom is -0.493 e. The van der Waals surface area contributed by atoms with Gasteiger partial charge in [-0.1, -0.05) is 11.3 Å². The smallest absolute Gasteiger partial charge is 0.322 e. The van der Waals surface area contributed by atoms with E-state index in [2.05, 4.69) is 15.6 Å². The number of carbonyl (C=O) groups excluding carboxylic acids is 2. The highest BCUT2D eigenvalue weighted by molar-refractivity contribution is 7.16. The topological polar surface area (TPSA) is 102 Å². The van der Waals surface area contributed by atoms with Crippen molar-refractivity contribution in [3.63, 3.8) is 0 Å². The number of rotatable bonds is 6. The highest BCUT2D eigenvalue weighted by Gasteiger charge is 2.25. The van der Waals surface area contributed by atoms with E-state index in [0.717, 1.165) is 10.6 Å². The summed E-state index contributed by atoms with van der Waals surface area (Å²) < 4.78 is 16.0. The molecule has 1 aliphatic rings. The summed E-state index contributed by atoms with van der Waals surface area (Å²) in [4.78, 5) is 32.3. The van der Waals surface area contributed by atoms with Crippen molar-refractivity contribution in [1.29, 1.82) is 0 Å². The van der Waals surface area contributed by atoms with Crippen LogP contribution >= 0.6 is 22.7 Å². The van der Waals surface area contributed by atoms with E-state index in [9.17, 15) is 9.59 Å². The highest BCUT2D eigenvalue weighted by Crippen LogP contribution is 2.40. The second-order valence-corrected chi connectivity index (χ2v) is 8.73. The normalized spacial score (nSPS) is 12.7. The van der Waals surface area contributed by atoms with E-state index in [4.69, 9.17) is 14.2 Å². The number of aromatic nitrogens is 1. The number of thiophene rings is 1. The van der Waals surface area contributed by atoms with Crippen LogP contribution in [0.4, 0.5) is 15.6 Å². The molecule has 1 aromatic carbocycles. The number of nitrogens with one attached hydrogen (secondary N) is 2. The van der Waals surface area contributed by atoms with Gasteiger partial charge in [0.2, 0.25) is 5.75 Å². The van der Waals surface area contributed by atoms with Crippen LogP contribution < -0.4 is 24.8 Å². The van der Waals surface area contributed by atoms with Gasteiger partial charge in [0.05, 0.1) is 44.8 Å². The summed E-state index contributed by atoms with van der Waals surface area (Å²) in [5, 5.41) is 9.91. The van der Waals surface area contributed by atoms with Gasteiger partial charge in [-0.3, -0.25) is 10.1 Å². The van der Waals surface area contributed by atoms with Crippen LogP contribution in [0, 0.1) is 0 Å². The molecule has 32 heavy (non-hydrogen) atoms. The molecule has 3 heterocycles. The lowest BCUT2D eigenvalue weighted by Gasteiger charge is -2.26. The number of urea groups is 1. The fourth-order valence-electron chi connectivity index (χ4n) is 3.34. The molecule has 2 N–H and O–H groups in total. The molecule has 168 valence electrons. The maximum absolute atomic E-state index is 12.9. The summed E-state index contributed by atoms with van der Waals surface area (Å²) in [5.74, 6) is 1.18. The van der Waals surface area contributed by atoms with Crippen molar-refractivity contribution in [1.82, 2.24) is 9.88 Å². The van der Waals surface area contributed by atoms with Gasteiger partial charge in [-0.05, 0) is 11.4 Å². The van der Waals surface area contributed by atoms with Crippen molar-refractivity contribution < 1.29 is 23.8 Å². The van der Waals surface area contributed by atoms with Gasteiger partial charge in [-0.15, -0.1) is 0 Å². The number of fused-ring (bicyclic) bond motifs is 1. The average molecular weight is 475 g/mol. The first-order chi connectivity index (χ1) is 15.5. The Morgan fingerprint density at radius 3 is 2.47 bits per heavy atom. The molecule has 0 unspecified atom stereocenters. The summed E-state index contributed by atoms with van der Waals surface area (Å²) in [7, 11) is 4.57. The number of hydrogen-bond donors (Lipinski definition) is 2. The lowest BCUT2D eigenvalue weighted by atomic mass is 10.2. The first-order valence-corrected chi connectivity index (χ1v) is 11.5. The second kappa shape index (κ2) is 9.45. The minimum atomic E-state index is -0.248. The SMILES string of the molecule is COc1cc(NC(=O)N2CCc3nc(NC(=O)c4ccsc4)sc3C2)cc(OC)c1OC. The summed E-state index contributed by atoms with van der Waals surface area (Å²) in [6, 6.07) is 4.88. The van der Waals surface area contributed by atoms with Gasteiger partial charge in [0, 0.05) is 35.4 Å². The molecule has 0 aliphatic carbocycles.